The quantitative estimate of drug-likeness (QED) is 0.484. The molecular weight excluding hydrogens is 380 g/mol. The smallest absolute Gasteiger partial charge is 0.337 e. The van der Waals surface area contributed by atoms with E-state index in [2.05, 4.69) is 23.6 Å². The van der Waals surface area contributed by atoms with E-state index in [1.165, 1.54) is 23.0 Å². The average molecular weight is 402 g/mol. The minimum Gasteiger partial charge on any atom is -0.494 e. The molecule has 0 aliphatic carbocycles. The van der Waals surface area contributed by atoms with E-state index in [0.717, 1.165) is 4.88 Å². The van der Waals surface area contributed by atoms with Crippen molar-refractivity contribution in [3.8, 4) is 5.75 Å². The summed E-state index contributed by atoms with van der Waals surface area (Å²) in [5.74, 6) is 0.492. The summed E-state index contributed by atoms with van der Waals surface area (Å²) in [7, 11) is 1.33. The highest BCUT2D eigenvalue weighted by Gasteiger charge is 2.13. The molecule has 2 aromatic heterocycles. The van der Waals surface area contributed by atoms with Gasteiger partial charge in [0.25, 0.3) is 5.56 Å². The molecule has 0 aliphatic rings. The van der Waals surface area contributed by atoms with Crippen molar-refractivity contribution >= 4 is 27.5 Å². The average Bonchev–Trinajstić information content (AvgIpc) is 3.11. The van der Waals surface area contributed by atoms with Gasteiger partial charge in [0.05, 0.1) is 24.7 Å². The zero-order chi connectivity index (χ0) is 20.3. The second-order valence-electron chi connectivity index (χ2n) is 6.65. The molecule has 0 atom stereocenters. The van der Waals surface area contributed by atoms with Crippen LogP contribution < -0.4 is 16.0 Å². The van der Waals surface area contributed by atoms with Crippen LogP contribution in [0.2, 0.25) is 0 Å². The summed E-state index contributed by atoms with van der Waals surface area (Å²) in [6.07, 6.45) is 0.494. The maximum absolute atomic E-state index is 12.6. The molecule has 148 valence electrons. The number of aromatic nitrogens is 2. The summed E-state index contributed by atoms with van der Waals surface area (Å²) < 4.78 is 11.5. The van der Waals surface area contributed by atoms with Gasteiger partial charge in [0.1, 0.15) is 10.6 Å². The van der Waals surface area contributed by atoms with Crippen molar-refractivity contribution in [2.75, 3.05) is 13.7 Å². The number of nitrogens with one attached hydrogen (secondary N) is 1. The first-order valence-electron chi connectivity index (χ1n) is 8.98. The topological polar surface area (TPSA) is 90.4 Å². The van der Waals surface area contributed by atoms with E-state index in [4.69, 9.17) is 4.74 Å². The Morgan fingerprint density at radius 1 is 1.21 bits per heavy atom. The first kappa shape index (κ1) is 19.9. The van der Waals surface area contributed by atoms with E-state index in [1.54, 1.807) is 24.3 Å². The fraction of sp³-hybridized carbons (Fsp3) is 0.350. The van der Waals surface area contributed by atoms with Crippen LogP contribution in [0.3, 0.4) is 0 Å². The number of esters is 1. The molecular formula is C20H22N2O5S. The predicted octanol–water partition coefficient (Wildman–Crippen LogP) is 3.13. The number of hydrogen-bond donors (Lipinski definition) is 1. The molecule has 7 nitrogen and oxygen atoms in total. The number of hydrogen-bond acceptors (Lipinski definition) is 6. The maximum atomic E-state index is 12.6. The molecule has 0 bridgehead atoms. The molecule has 0 saturated carbocycles. The predicted molar refractivity (Wildman–Crippen MR) is 109 cm³/mol. The molecule has 0 aliphatic heterocycles. The first-order chi connectivity index (χ1) is 13.4. The molecule has 3 rings (SSSR count). The number of H-pyrrole nitrogens is 1. The SMILES string of the molecule is COC(=O)c1ccc(OCCCn2c(=O)[nH]c3sc(C(C)C)cc3c2=O)cc1. The molecule has 1 aromatic carbocycles. The number of benzene rings is 1. The van der Waals surface area contributed by atoms with E-state index in [1.807, 2.05) is 6.07 Å². The minimum atomic E-state index is -0.408. The van der Waals surface area contributed by atoms with Crippen molar-refractivity contribution in [1.29, 1.82) is 0 Å². The van der Waals surface area contributed by atoms with Crippen LogP contribution >= 0.6 is 11.3 Å². The van der Waals surface area contributed by atoms with Crippen molar-refractivity contribution in [1.82, 2.24) is 9.55 Å². The Bertz CT molecular complexity index is 1090. The summed E-state index contributed by atoms with van der Waals surface area (Å²) in [6.45, 7) is 4.70. The van der Waals surface area contributed by atoms with Gasteiger partial charge in [-0.1, -0.05) is 13.8 Å². The lowest BCUT2D eigenvalue weighted by molar-refractivity contribution is 0.0600. The number of nitrogens with zero attached hydrogens (tertiary/aromatic N) is 1. The molecule has 0 fully saturated rings. The van der Waals surface area contributed by atoms with Crippen molar-refractivity contribution in [2.45, 2.75) is 32.7 Å². The summed E-state index contributed by atoms with van der Waals surface area (Å²) in [4.78, 5) is 40.8. The van der Waals surface area contributed by atoms with Gasteiger partial charge in [-0.3, -0.25) is 14.3 Å². The van der Waals surface area contributed by atoms with Gasteiger partial charge in [-0.15, -0.1) is 11.3 Å². The zero-order valence-electron chi connectivity index (χ0n) is 16.0. The molecule has 0 amide bonds. The van der Waals surface area contributed by atoms with Gasteiger partial charge in [0, 0.05) is 11.4 Å². The van der Waals surface area contributed by atoms with Crippen molar-refractivity contribution < 1.29 is 14.3 Å². The molecule has 2 heterocycles. The van der Waals surface area contributed by atoms with Crippen LogP contribution in [0.25, 0.3) is 10.2 Å². The third-order valence-electron chi connectivity index (χ3n) is 4.33. The monoisotopic (exact) mass is 402 g/mol. The number of aromatic amines is 1. The lowest BCUT2D eigenvalue weighted by atomic mass is 10.2. The number of rotatable bonds is 7. The number of thiophene rings is 1. The summed E-state index contributed by atoms with van der Waals surface area (Å²) in [5, 5.41) is 0.549. The molecule has 0 unspecified atom stereocenters. The van der Waals surface area contributed by atoms with E-state index >= 15 is 0 Å². The Morgan fingerprint density at radius 2 is 1.93 bits per heavy atom. The van der Waals surface area contributed by atoms with Crippen molar-refractivity contribution in [3.63, 3.8) is 0 Å². The summed E-state index contributed by atoms with van der Waals surface area (Å²) in [6, 6.07) is 8.45. The molecule has 0 spiro atoms. The van der Waals surface area contributed by atoms with Crippen LogP contribution in [0.4, 0.5) is 0 Å². The van der Waals surface area contributed by atoms with Gasteiger partial charge in [-0.2, -0.15) is 0 Å². The number of fused-ring (bicyclic) bond motifs is 1. The highest BCUT2D eigenvalue weighted by Crippen LogP contribution is 2.26. The summed E-state index contributed by atoms with van der Waals surface area (Å²) in [5.41, 5.74) is -0.237. The van der Waals surface area contributed by atoms with Crippen LogP contribution in [0.1, 0.15) is 41.4 Å². The third-order valence-corrected chi connectivity index (χ3v) is 5.68. The maximum Gasteiger partial charge on any atom is 0.337 e. The van der Waals surface area contributed by atoms with E-state index in [-0.39, 0.29) is 12.1 Å². The van der Waals surface area contributed by atoms with E-state index < -0.39 is 11.7 Å². The zero-order valence-corrected chi connectivity index (χ0v) is 16.8. The third kappa shape index (κ3) is 4.17. The van der Waals surface area contributed by atoms with E-state index in [9.17, 15) is 14.4 Å². The second-order valence-corrected chi connectivity index (χ2v) is 7.73. The number of ether oxygens (including phenoxy) is 2. The van der Waals surface area contributed by atoms with Gasteiger partial charge < -0.3 is 9.47 Å². The lowest BCUT2D eigenvalue weighted by Gasteiger charge is -2.08. The van der Waals surface area contributed by atoms with Crippen LogP contribution in [0, 0.1) is 0 Å². The molecule has 1 N–H and O–H groups in total. The van der Waals surface area contributed by atoms with Gasteiger partial charge in [-0.05, 0) is 42.7 Å². The van der Waals surface area contributed by atoms with E-state index in [0.29, 0.717) is 40.5 Å². The highest BCUT2D eigenvalue weighted by molar-refractivity contribution is 7.18. The van der Waals surface area contributed by atoms with Crippen LogP contribution in [0.5, 0.6) is 5.75 Å². The Labute approximate surface area is 165 Å². The number of carbonyl (C=O) groups is 1. The molecule has 3 aromatic rings. The normalized spacial score (nSPS) is 11.1. The molecule has 8 heteroatoms. The minimum absolute atomic E-state index is 0.261. The Morgan fingerprint density at radius 3 is 2.57 bits per heavy atom. The van der Waals surface area contributed by atoms with Gasteiger partial charge in [-0.25, -0.2) is 9.59 Å². The Balaban J connectivity index is 1.64. The fourth-order valence-electron chi connectivity index (χ4n) is 2.77. The Kier molecular flexibility index (Phi) is 5.99. The van der Waals surface area contributed by atoms with Gasteiger partial charge in [0.2, 0.25) is 0 Å². The molecule has 0 radical (unpaired) electrons. The van der Waals surface area contributed by atoms with Gasteiger partial charge in [0.15, 0.2) is 0 Å². The van der Waals surface area contributed by atoms with Crippen LogP contribution in [0.15, 0.2) is 39.9 Å². The largest absolute Gasteiger partial charge is 0.494 e. The lowest BCUT2D eigenvalue weighted by Crippen LogP contribution is -2.35. The van der Waals surface area contributed by atoms with Crippen LogP contribution in [-0.2, 0) is 11.3 Å². The van der Waals surface area contributed by atoms with Crippen molar-refractivity contribution in [2.24, 2.45) is 0 Å². The van der Waals surface area contributed by atoms with Crippen molar-refractivity contribution in [3.05, 3.63) is 61.6 Å². The summed E-state index contributed by atoms with van der Waals surface area (Å²) >= 11 is 1.45. The highest BCUT2D eigenvalue weighted by atomic mass is 32.1. The first-order valence-corrected chi connectivity index (χ1v) is 9.80. The molecule has 0 saturated heterocycles. The number of methoxy groups -OCH3 is 1. The number of carbonyl (C=O) groups excluding carboxylic acids is 1. The van der Waals surface area contributed by atoms with Gasteiger partial charge >= 0.3 is 11.7 Å². The Hall–Kier alpha value is -2.87. The standard InChI is InChI=1S/C20H22N2O5S/c1-12(2)16-11-15-17(28-16)21-20(25)22(18(15)23)9-4-10-27-14-7-5-13(6-8-14)19(24)26-3/h5-8,11-12H,4,9-10H2,1-3H3,(H,21,25). The second kappa shape index (κ2) is 8.43. The van der Waals surface area contributed by atoms with Crippen LogP contribution in [-0.4, -0.2) is 29.2 Å². The fourth-order valence-corrected chi connectivity index (χ4v) is 3.81. The molecule has 28 heavy (non-hydrogen) atoms.